The zero-order valence-electron chi connectivity index (χ0n) is 18.9. The van der Waals surface area contributed by atoms with Crippen molar-refractivity contribution in [1.82, 2.24) is 5.32 Å². The second-order valence-corrected chi connectivity index (χ2v) is 7.77. The van der Waals surface area contributed by atoms with Gasteiger partial charge in [-0.15, -0.1) is 0 Å². The lowest BCUT2D eigenvalue weighted by molar-refractivity contribution is -0.150. The molecule has 6 heteroatoms. The van der Waals surface area contributed by atoms with Gasteiger partial charge < -0.3 is 14.8 Å². The number of carbonyl (C=O) groups excluding carboxylic acids is 3. The molecule has 6 nitrogen and oxygen atoms in total. The molecule has 0 spiro atoms. The van der Waals surface area contributed by atoms with Crippen LogP contribution >= 0.6 is 0 Å². The summed E-state index contributed by atoms with van der Waals surface area (Å²) in [5.41, 5.74) is 0. The molecule has 0 rings (SSSR count). The maximum absolute atomic E-state index is 12.0. The van der Waals surface area contributed by atoms with Gasteiger partial charge >= 0.3 is 11.9 Å². The van der Waals surface area contributed by atoms with E-state index in [0.717, 1.165) is 19.3 Å². The van der Waals surface area contributed by atoms with Gasteiger partial charge in [0.2, 0.25) is 5.91 Å². The van der Waals surface area contributed by atoms with Gasteiger partial charge in [0, 0.05) is 6.42 Å². The van der Waals surface area contributed by atoms with E-state index in [1.54, 1.807) is 0 Å². The van der Waals surface area contributed by atoms with Gasteiger partial charge in [0.05, 0.1) is 20.6 Å². The highest BCUT2D eigenvalue weighted by Gasteiger charge is 2.24. The van der Waals surface area contributed by atoms with Crippen molar-refractivity contribution in [2.75, 3.05) is 14.2 Å². The Kier molecular flexibility index (Phi) is 18.6. The molecule has 0 radical (unpaired) electrons. The predicted octanol–water partition coefficient (Wildman–Crippen LogP) is 5.08. The molecule has 0 saturated carbocycles. The molecule has 0 unspecified atom stereocenters. The minimum Gasteiger partial charge on any atom is -0.469 e. The molecule has 0 fully saturated rings. The molecule has 0 aliphatic heterocycles. The summed E-state index contributed by atoms with van der Waals surface area (Å²) in [7, 11) is 2.47. The average Bonchev–Trinajstić information content (AvgIpc) is 2.72. The van der Waals surface area contributed by atoms with E-state index >= 15 is 0 Å². The lowest BCUT2D eigenvalue weighted by Gasteiger charge is -2.15. The predicted molar refractivity (Wildman–Crippen MR) is 116 cm³/mol. The van der Waals surface area contributed by atoms with E-state index in [2.05, 4.69) is 21.7 Å². The van der Waals surface area contributed by atoms with Crippen molar-refractivity contribution in [3.05, 3.63) is 0 Å². The van der Waals surface area contributed by atoms with Crippen LogP contribution in [0.15, 0.2) is 0 Å². The standard InChI is InChI=1S/C23H43NO5/c1-4-5-6-7-8-9-10-11-12-13-14-15-16-17-18-21(25)24-20(23(27)29-3)19-22(26)28-2/h20H,4-19H2,1-3H3,(H,24,25)/t20-/m0/s1. The highest BCUT2D eigenvalue weighted by molar-refractivity contribution is 5.87. The number of methoxy groups -OCH3 is 2. The molecule has 0 bridgehead atoms. The minimum atomic E-state index is -0.980. The second kappa shape index (κ2) is 19.7. The van der Waals surface area contributed by atoms with Gasteiger partial charge in [-0.1, -0.05) is 90.4 Å². The number of nitrogens with one attached hydrogen (secondary N) is 1. The Morgan fingerprint density at radius 1 is 0.690 bits per heavy atom. The molecule has 0 saturated heterocycles. The average molecular weight is 414 g/mol. The van der Waals surface area contributed by atoms with E-state index in [0.29, 0.717) is 6.42 Å². The molecule has 0 aromatic carbocycles. The van der Waals surface area contributed by atoms with Crippen LogP contribution in [0.2, 0.25) is 0 Å². The van der Waals surface area contributed by atoms with Crippen LogP contribution in [-0.4, -0.2) is 38.1 Å². The number of esters is 2. The molecule has 29 heavy (non-hydrogen) atoms. The minimum absolute atomic E-state index is 0.215. The third-order valence-electron chi connectivity index (χ3n) is 5.18. The largest absolute Gasteiger partial charge is 0.469 e. The van der Waals surface area contributed by atoms with E-state index in [-0.39, 0.29) is 12.3 Å². The highest BCUT2D eigenvalue weighted by atomic mass is 16.5. The van der Waals surface area contributed by atoms with Gasteiger partial charge in [0.25, 0.3) is 0 Å². The lowest BCUT2D eigenvalue weighted by atomic mass is 10.0. The Labute approximate surface area is 177 Å². The Morgan fingerprint density at radius 3 is 1.55 bits per heavy atom. The Balaban J connectivity index is 3.60. The summed E-state index contributed by atoms with van der Waals surface area (Å²) in [5.74, 6) is -1.43. The van der Waals surface area contributed by atoms with Crippen molar-refractivity contribution in [2.24, 2.45) is 0 Å². The number of hydrogen-bond acceptors (Lipinski definition) is 5. The van der Waals surface area contributed by atoms with Crippen LogP contribution < -0.4 is 5.32 Å². The van der Waals surface area contributed by atoms with Crippen molar-refractivity contribution >= 4 is 17.8 Å². The van der Waals surface area contributed by atoms with E-state index in [4.69, 9.17) is 0 Å². The molecule has 1 amide bonds. The first kappa shape index (κ1) is 27.4. The fourth-order valence-electron chi connectivity index (χ4n) is 3.33. The van der Waals surface area contributed by atoms with Gasteiger partial charge in [0.15, 0.2) is 0 Å². The van der Waals surface area contributed by atoms with E-state index < -0.39 is 18.0 Å². The van der Waals surface area contributed by atoms with Crippen LogP contribution in [0.5, 0.6) is 0 Å². The van der Waals surface area contributed by atoms with Gasteiger partial charge in [-0.05, 0) is 6.42 Å². The number of ether oxygens (including phenoxy) is 2. The maximum atomic E-state index is 12.0. The monoisotopic (exact) mass is 413 g/mol. The van der Waals surface area contributed by atoms with Crippen LogP contribution in [0.25, 0.3) is 0 Å². The molecular weight excluding hydrogens is 370 g/mol. The normalized spacial score (nSPS) is 11.7. The molecule has 0 aliphatic rings. The quantitative estimate of drug-likeness (QED) is 0.236. The Bertz CT molecular complexity index is 439. The van der Waals surface area contributed by atoms with E-state index in [9.17, 15) is 14.4 Å². The first-order valence-electron chi connectivity index (χ1n) is 11.5. The van der Waals surface area contributed by atoms with Crippen molar-refractivity contribution in [3.8, 4) is 0 Å². The molecule has 1 N–H and O–H groups in total. The van der Waals surface area contributed by atoms with Crippen molar-refractivity contribution in [3.63, 3.8) is 0 Å². The summed E-state index contributed by atoms with van der Waals surface area (Å²) < 4.78 is 9.17. The zero-order chi connectivity index (χ0) is 21.7. The SMILES string of the molecule is CCCCCCCCCCCCCCCCC(=O)N[C@@H](CC(=O)OC)C(=O)OC. The summed E-state index contributed by atoms with van der Waals surface area (Å²) >= 11 is 0. The number of unbranched alkanes of at least 4 members (excludes halogenated alkanes) is 13. The number of amides is 1. The first-order chi connectivity index (χ1) is 14.0. The van der Waals surface area contributed by atoms with Crippen LogP contribution in [-0.2, 0) is 23.9 Å². The van der Waals surface area contributed by atoms with E-state index in [1.165, 1.54) is 84.8 Å². The molecule has 1 atom stereocenters. The zero-order valence-corrected chi connectivity index (χ0v) is 18.9. The van der Waals surface area contributed by atoms with Gasteiger partial charge in [-0.25, -0.2) is 4.79 Å². The van der Waals surface area contributed by atoms with Gasteiger partial charge in [0.1, 0.15) is 6.04 Å². The third kappa shape index (κ3) is 17.0. The van der Waals surface area contributed by atoms with Gasteiger partial charge in [-0.3, -0.25) is 9.59 Å². The van der Waals surface area contributed by atoms with Crippen LogP contribution in [0.4, 0.5) is 0 Å². The van der Waals surface area contributed by atoms with Crippen molar-refractivity contribution in [2.45, 2.75) is 116 Å². The van der Waals surface area contributed by atoms with Crippen molar-refractivity contribution in [1.29, 1.82) is 0 Å². The van der Waals surface area contributed by atoms with Crippen LogP contribution in [0.3, 0.4) is 0 Å². The smallest absolute Gasteiger partial charge is 0.328 e. The Morgan fingerprint density at radius 2 is 1.14 bits per heavy atom. The number of hydrogen-bond donors (Lipinski definition) is 1. The fourth-order valence-corrected chi connectivity index (χ4v) is 3.33. The maximum Gasteiger partial charge on any atom is 0.328 e. The molecule has 0 aromatic heterocycles. The van der Waals surface area contributed by atoms with Crippen LogP contribution in [0.1, 0.15) is 110 Å². The second-order valence-electron chi connectivity index (χ2n) is 7.77. The van der Waals surface area contributed by atoms with Crippen LogP contribution in [0, 0.1) is 0 Å². The van der Waals surface area contributed by atoms with Gasteiger partial charge in [-0.2, -0.15) is 0 Å². The summed E-state index contributed by atoms with van der Waals surface area (Å²) in [6.45, 7) is 2.25. The third-order valence-corrected chi connectivity index (χ3v) is 5.18. The summed E-state index contributed by atoms with van der Waals surface area (Å²) in [6, 6.07) is -0.980. The Hall–Kier alpha value is -1.59. The first-order valence-corrected chi connectivity index (χ1v) is 11.5. The molecule has 0 aliphatic carbocycles. The molecule has 0 heterocycles. The highest BCUT2D eigenvalue weighted by Crippen LogP contribution is 2.13. The number of rotatable bonds is 19. The molecular formula is C23H43NO5. The molecule has 0 aromatic rings. The lowest BCUT2D eigenvalue weighted by Crippen LogP contribution is -2.43. The topological polar surface area (TPSA) is 81.7 Å². The van der Waals surface area contributed by atoms with Crippen molar-refractivity contribution < 1.29 is 23.9 Å². The van der Waals surface area contributed by atoms with E-state index in [1.807, 2.05) is 0 Å². The summed E-state index contributed by atoms with van der Waals surface area (Å²) in [5, 5.41) is 2.57. The molecule has 170 valence electrons. The summed E-state index contributed by atoms with van der Waals surface area (Å²) in [6.07, 6.45) is 17.8. The summed E-state index contributed by atoms with van der Waals surface area (Å²) in [4.78, 5) is 35.0. The fraction of sp³-hybridized carbons (Fsp3) is 0.870. The number of carbonyl (C=O) groups is 3.